The SMILES string of the molecule is CCOC(OCC)c1n[nH]c(=S)n1C. The number of hydrogen-bond acceptors (Lipinski definition) is 4. The van der Waals surface area contributed by atoms with Crippen molar-refractivity contribution in [2.24, 2.45) is 7.05 Å². The quantitative estimate of drug-likeness (QED) is 0.600. The second-order valence-corrected chi connectivity index (χ2v) is 3.08. The first kappa shape index (κ1) is 11.4. The van der Waals surface area contributed by atoms with E-state index in [9.17, 15) is 0 Å². The van der Waals surface area contributed by atoms with Crippen LogP contribution in [0.1, 0.15) is 26.0 Å². The van der Waals surface area contributed by atoms with E-state index in [0.717, 1.165) is 0 Å². The topological polar surface area (TPSA) is 52.1 Å². The minimum Gasteiger partial charge on any atom is -0.346 e. The molecule has 0 bridgehead atoms. The minimum atomic E-state index is -0.442. The van der Waals surface area contributed by atoms with Gasteiger partial charge in [-0.05, 0) is 26.1 Å². The van der Waals surface area contributed by atoms with Crippen LogP contribution in [0.15, 0.2) is 0 Å². The Bertz CT molecular complexity index is 328. The van der Waals surface area contributed by atoms with Crippen molar-refractivity contribution >= 4 is 12.2 Å². The summed E-state index contributed by atoms with van der Waals surface area (Å²) in [6, 6.07) is 0. The van der Waals surface area contributed by atoms with Gasteiger partial charge in [-0.3, -0.25) is 5.10 Å². The van der Waals surface area contributed by atoms with Gasteiger partial charge >= 0.3 is 0 Å². The van der Waals surface area contributed by atoms with Crippen LogP contribution in [0.4, 0.5) is 0 Å². The maximum atomic E-state index is 5.39. The third kappa shape index (κ3) is 2.40. The van der Waals surface area contributed by atoms with Gasteiger partial charge in [-0.25, -0.2) is 0 Å². The van der Waals surface area contributed by atoms with Gasteiger partial charge in [0.15, 0.2) is 10.6 Å². The largest absolute Gasteiger partial charge is 0.346 e. The van der Waals surface area contributed by atoms with E-state index in [2.05, 4.69) is 10.2 Å². The number of rotatable bonds is 5. The summed E-state index contributed by atoms with van der Waals surface area (Å²) in [6.07, 6.45) is -0.442. The van der Waals surface area contributed by atoms with Gasteiger partial charge in [-0.1, -0.05) is 0 Å². The zero-order valence-electron chi connectivity index (χ0n) is 8.61. The van der Waals surface area contributed by atoms with Crippen LogP contribution in [0.3, 0.4) is 0 Å². The molecule has 0 fully saturated rings. The Labute approximate surface area is 88.0 Å². The first-order valence-corrected chi connectivity index (χ1v) is 4.96. The van der Waals surface area contributed by atoms with E-state index in [1.165, 1.54) is 0 Å². The molecule has 1 N–H and O–H groups in total. The maximum Gasteiger partial charge on any atom is 0.219 e. The maximum absolute atomic E-state index is 5.39. The van der Waals surface area contributed by atoms with Crippen molar-refractivity contribution in [3.05, 3.63) is 10.6 Å². The van der Waals surface area contributed by atoms with E-state index in [-0.39, 0.29) is 0 Å². The van der Waals surface area contributed by atoms with E-state index < -0.39 is 6.29 Å². The van der Waals surface area contributed by atoms with E-state index in [4.69, 9.17) is 21.7 Å². The highest BCUT2D eigenvalue weighted by Gasteiger charge is 2.17. The molecule has 14 heavy (non-hydrogen) atoms. The summed E-state index contributed by atoms with van der Waals surface area (Å²) in [4.78, 5) is 0. The molecule has 0 atom stereocenters. The van der Waals surface area contributed by atoms with Gasteiger partial charge in [0.1, 0.15) is 0 Å². The first-order chi connectivity index (χ1) is 6.70. The molecule has 0 aliphatic heterocycles. The second-order valence-electron chi connectivity index (χ2n) is 2.69. The highest BCUT2D eigenvalue weighted by atomic mass is 32.1. The third-order valence-electron chi connectivity index (χ3n) is 1.76. The highest BCUT2D eigenvalue weighted by molar-refractivity contribution is 7.71. The van der Waals surface area contributed by atoms with Crippen LogP contribution in [0.5, 0.6) is 0 Å². The molecule has 5 nitrogen and oxygen atoms in total. The fraction of sp³-hybridized carbons (Fsp3) is 0.750. The van der Waals surface area contributed by atoms with E-state index in [1.807, 2.05) is 20.9 Å². The molecule has 1 rings (SSSR count). The molecule has 0 saturated carbocycles. The second kappa shape index (κ2) is 5.23. The van der Waals surface area contributed by atoms with Gasteiger partial charge in [-0.15, -0.1) is 0 Å². The molecule has 1 aromatic rings. The van der Waals surface area contributed by atoms with Crippen LogP contribution < -0.4 is 0 Å². The lowest BCUT2D eigenvalue weighted by Gasteiger charge is -2.15. The molecule has 0 radical (unpaired) electrons. The Morgan fingerprint density at radius 1 is 1.43 bits per heavy atom. The zero-order chi connectivity index (χ0) is 10.6. The van der Waals surface area contributed by atoms with Gasteiger partial charge in [0.2, 0.25) is 6.29 Å². The predicted molar refractivity (Wildman–Crippen MR) is 54.4 cm³/mol. The lowest BCUT2D eigenvalue weighted by molar-refractivity contribution is -0.146. The summed E-state index contributed by atoms with van der Waals surface area (Å²) in [5.74, 6) is 0.665. The number of hydrogen-bond donors (Lipinski definition) is 1. The van der Waals surface area contributed by atoms with Crippen molar-refractivity contribution in [1.29, 1.82) is 0 Å². The summed E-state index contributed by atoms with van der Waals surface area (Å²) in [5.41, 5.74) is 0. The fourth-order valence-electron chi connectivity index (χ4n) is 1.07. The van der Waals surface area contributed by atoms with Crippen LogP contribution in [0.25, 0.3) is 0 Å². The lowest BCUT2D eigenvalue weighted by Crippen LogP contribution is -2.13. The summed E-state index contributed by atoms with van der Waals surface area (Å²) in [6.45, 7) is 4.97. The summed E-state index contributed by atoms with van der Waals surface area (Å²) in [5, 5.41) is 6.74. The number of aromatic amines is 1. The molecule has 0 spiro atoms. The fourth-order valence-corrected chi connectivity index (χ4v) is 1.21. The monoisotopic (exact) mass is 217 g/mol. The number of nitrogens with one attached hydrogen (secondary N) is 1. The Morgan fingerprint density at radius 2 is 2.00 bits per heavy atom. The van der Waals surface area contributed by atoms with Crippen LogP contribution >= 0.6 is 12.2 Å². The molecule has 1 aromatic heterocycles. The molecule has 80 valence electrons. The van der Waals surface area contributed by atoms with Crippen molar-refractivity contribution in [3.8, 4) is 0 Å². The molecule has 0 saturated heterocycles. The Morgan fingerprint density at radius 3 is 2.36 bits per heavy atom. The molecule has 0 aliphatic rings. The Balaban J connectivity index is 2.86. The molecule has 0 aromatic carbocycles. The minimum absolute atomic E-state index is 0.442. The molecule has 0 unspecified atom stereocenters. The number of ether oxygens (including phenoxy) is 2. The van der Waals surface area contributed by atoms with Crippen molar-refractivity contribution in [2.45, 2.75) is 20.1 Å². The van der Waals surface area contributed by atoms with Crippen LogP contribution in [0, 0.1) is 4.77 Å². The molecule has 1 heterocycles. The lowest BCUT2D eigenvalue weighted by atomic mass is 10.5. The average molecular weight is 217 g/mol. The number of aromatic nitrogens is 3. The smallest absolute Gasteiger partial charge is 0.219 e. The Kier molecular flexibility index (Phi) is 4.24. The van der Waals surface area contributed by atoms with E-state index in [0.29, 0.717) is 23.8 Å². The van der Waals surface area contributed by atoms with Gasteiger partial charge < -0.3 is 14.0 Å². The predicted octanol–water partition coefficient (Wildman–Crippen LogP) is 1.55. The van der Waals surface area contributed by atoms with E-state index in [1.54, 1.807) is 4.57 Å². The zero-order valence-corrected chi connectivity index (χ0v) is 9.43. The van der Waals surface area contributed by atoms with Crippen molar-refractivity contribution in [1.82, 2.24) is 14.8 Å². The standard InChI is InChI=1S/C8H15N3O2S/c1-4-12-7(13-5-2)6-9-10-8(14)11(6)3/h7H,4-5H2,1-3H3,(H,10,14). The van der Waals surface area contributed by atoms with Crippen LogP contribution in [-0.4, -0.2) is 28.0 Å². The molecular formula is C8H15N3O2S. The average Bonchev–Trinajstić information content (AvgIpc) is 2.48. The highest BCUT2D eigenvalue weighted by Crippen LogP contribution is 2.15. The van der Waals surface area contributed by atoms with Gasteiger partial charge in [0.25, 0.3) is 0 Å². The summed E-state index contributed by atoms with van der Waals surface area (Å²) in [7, 11) is 1.83. The van der Waals surface area contributed by atoms with Gasteiger partial charge in [0, 0.05) is 20.3 Å². The number of H-pyrrole nitrogens is 1. The van der Waals surface area contributed by atoms with Crippen LogP contribution in [0.2, 0.25) is 0 Å². The molecule has 0 aliphatic carbocycles. The van der Waals surface area contributed by atoms with Crippen LogP contribution in [-0.2, 0) is 16.5 Å². The summed E-state index contributed by atoms with van der Waals surface area (Å²) >= 11 is 5.00. The molecular weight excluding hydrogens is 202 g/mol. The summed E-state index contributed by atoms with van der Waals surface area (Å²) < 4.78 is 13.1. The Hall–Kier alpha value is -0.720. The first-order valence-electron chi connectivity index (χ1n) is 4.55. The third-order valence-corrected chi connectivity index (χ3v) is 2.13. The normalized spacial score (nSPS) is 11.1. The van der Waals surface area contributed by atoms with Crippen molar-refractivity contribution in [2.75, 3.05) is 13.2 Å². The number of nitrogens with zero attached hydrogens (tertiary/aromatic N) is 2. The van der Waals surface area contributed by atoms with Gasteiger partial charge in [-0.2, -0.15) is 5.10 Å². The molecule has 0 amide bonds. The molecule has 6 heteroatoms. The van der Waals surface area contributed by atoms with E-state index >= 15 is 0 Å². The van der Waals surface area contributed by atoms with Crippen molar-refractivity contribution < 1.29 is 9.47 Å². The van der Waals surface area contributed by atoms with Crippen molar-refractivity contribution in [3.63, 3.8) is 0 Å². The van der Waals surface area contributed by atoms with Gasteiger partial charge in [0.05, 0.1) is 0 Å².